The summed E-state index contributed by atoms with van der Waals surface area (Å²) in [4.78, 5) is 2.58. The van der Waals surface area contributed by atoms with Gasteiger partial charge in [0.15, 0.2) is 0 Å². The topological polar surface area (TPSA) is 9.23 Å². The highest BCUT2D eigenvalue weighted by Gasteiger charge is 2.18. The highest BCUT2D eigenvalue weighted by Crippen LogP contribution is 2.47. The smallest absolute Gasteiger partial charge is 0.118 e. The first-order valence-electron chi connectivity index (χ1n) is 11.7. The fourth-order valence-electron chi connectivity index (χ4n) is 4.66. The van der Waals surface area contributed by atoms with Gasteiger partial charge in [-0.1, -0.05) is 97.1 Å². The van der Waals surface area contributed by atoms with Gasteiger partial charge < -0.3 is 4.74 Å². The first-order valence-corrected chi connectivity index (χ1v) is 12.5. The van der Waals surface area contributed by atoms with Crippen molar-refractivity contribution in [3.05, 3.63) is 127 Å². The third-order valence-corrected chi connectivity index (χ3v) is 7.73. The third-order valence-electron chi connectivity index (χ3n) is 6.43. The number of hydrogen-bond donors (Lipinski definition) is 0. The van der Waals surface area contributed by atoms with E-state index in [1.807, 2.05) is 23.5 Å². The average Bonchev–Trinajstić information content (AvgIpc) is 3.33. The number of thiophene rings is 1. The van der Waals surface area contributed by atoms with Crippen molar-refractivity contribution in [2.75, 3.05) is 7.11 Å². The van der Waals surface area contributed by atoms with E-state index in [4.69, 9.17) is 4.74 Å². The molecule has 35 heavy (non-hydrogen) atoms. The predicted molar refractivity (Wildman–Crippen MR) is 150 cm³/mol. The first kappa shape index (κ1) is 21.4. The largest absolute Gasteiger partial charge is 0.497 e. The van der Waals surface area contributed by atoms with Gasteiger partial charge >= 0.3 is 0 Å². The van der Waals surface area contributed by atoms with Crippen LogP contribution in [0.3, 0.4) is 0 Å². The second kappa shape index (κ2) is 9.25. The van der Waals surface area contributed by atoms with Crippen LogP contribution in [0.2, 0.25) is 0 Å². The summed E-state index contributed by atoms with van der Waals surface area (Å²) in [5.74, 6) is 0.873. The summed E-state index contributed by atoms with van der Waals surface area (Å²) in [5.41, 5.74) is 7.40. The van der Waals surface area contributed by atoms with Crippen molar-refractivity contribution >= 4 is 22.1 Å². The molecule has 0 aliphatic heterocycles. The second-order valence-electron chi connectivity index (χ2n) is 8.53. The summed E-state index contributed by atoms with van der Waals surface area (Å²) in [6.45, 7) is 0. The van der Waals surface area contributed by atoms with Gasteiger partial charge in [-0.25, -0.2) is 0 Å². The van der Waals surface area contributed by atoms with Crippen LogP contribution < -0.4 is 4.74 Å². The zero-order chi connectivity index (χ0) is 23.6. The van der Waals surface area contributed by atoms with Crippen molar-refractivity contribution in [3.63, 3.8) is 0 Å². The minimum Gasteiger partial charge on any atom is -0.497 e. The van der Waals surface area contributed by atoms with Crippen LogP contribution in [0.1, 0.15) is 0 Å². The molecule has 0 unspecified atom stereocenters. The molecular weight excluding hydrogens is 444 g/mol. The Balaban J connectivity index is 1.58. The van der Waals surface area contributed by atoms with E-state index in [1.165, 1.54) is 53.9 Å². The van der Waals surface area contributed by atoms with Gasteiger partial charge in [-0.2, -0.15) is 0 Å². The molecule has 168 valence electrons. The summed E-state index contributed by atoms with van der Waals surface area (Å²) in [6, 6.07) is 45.3. The van der Waals surface area contributed by atoms with Crippen LogP contribution in [0.25, 0.3) is 53.9 Å². The standard InChI is InChI=1S/C33H24OS/c1-34-27-19-16-25(17-20-27)32-28-14-8-9-15-29(28)33(35-32)30-21-18-26(23-10-4-2-5-11-23)22-31(30)24-12-6-3-7-13-24/h2-22H,1H3. The molecule has 5 aromatic carbocycles. The lowest BCUT2D eigenvalue weighted by atomic mass is 9.92. The van der Waals surface area contributed by atoms with Crippen LogP contribution in [0, 0.1) is 0 Å². The monoisotopic (exact) mass is 468 g/mol. The van der Waals surface area contributed by atoms with E-state index < -0.39 is 0 Å². The Morgan fingerprint density at radius 1 is 0.457 bits per heavy atom. The number of hydrogen-bond acceptors (Lipinski definition) is 2. The lowest BCUT2D eigenvalue weighted by Crippen LogP contribution is -1.86. The van der Waals surface area contributed by atoms with Gasteiger partial charge in [0.05, 0.1) is 7.11 Å². The van der Waals surface area contributed by atoms with Gasteiger partial charge in [0.1, 0.15) is 5.75 Å². The molecule has 1 heterocycles. The molecule has 6 rings (SSSR count). The third kappa shape index (κ3) is 4.03. The number of benzene rings is 5. The van der Waals surface area contributed by atoms with E-state index in [-0.39, 0.29) is 0 Å². The molecule has 0 N–H and O–H groups in total. The maximum absolute atomic E-state index is 5.38. The van der Waals surface area contributed by atoms with Crippen molar-refractivity contribution in [1.29, 1.82) is 0 Å². The Morgan fingerprint density at radius 2 is 1.03 bits per heavy atom. The fourth-order valence-corrected chi connectivity index (χ4v) is 5.98. The zero-order valence-electron chi connectivity index (χ0n) is 19.4. The SMILES string of the molecule is COc1ccc(-c2sc(-c3ccc(-c4ccccc4)cc3-c3ccccc3)c3ccccc23)cc1. The van der Waals surface area contributed by atoms with Crippen molar-refractivity contribution in [1.82, 2.24) is 0 Å². The molecule has 0 bridgehead atoms. The normalized spacial score (nSPS) is 11.0. The number of methoxy groups -OCH3 is 1. The molecule has 1 aromatic heterocycles. The molecule has 0 saturated carbocycles. The highest BCUT2D eigenvalue weighted by atomic mass is 32.1. The van der Waals surface area contributed by atoms with E-state index in [0.717, 1.165) is 5.75 Å². The second-order valence-corrected chi connectivity index (χ2v) is 9.55. The van der Waals surface area contributed by atoms with Crippen LogP contribution in [-0.2, 0) is 0 Å². The molecule has 0 radical (unpaired) electrons. The molecule has 0 amide bonds. The molecule has 0 saturated heterocycles. The number of fused-ring (bicyclic) bond motifs is 1. The van der Waals surface area contributed by atoms with Gasteiger partial charge in [0.2, 0.25) is 0 Å². The van der Waals surface area contributed by atoms with Gasteiger partial charge in [0.25, 0.3) is 0 Å². The minimum absolute atomic E-state index is 0.873. The molecular formula is C33H24OS. The first-order chi connectivity index (χ1) is 17.3. The number of ether oxygens (including phenoxy) is 1. The van der Waals surface area contributed by atoms with E-state index in [9.17, 15) is 0 Å². The lowest BCUT2D eigenvalue weighted by molar-refractivity contribution is 0.415. The summed E-state index contributed by atoms with van der Waals surface area (Å²) >= 11 is 1.86. The average molecular weight is 469 g/mol. The summed E-state index contributed by atoms with van der Waals surface area (Å²) in [6.07, 6.45) is 0. The zero-order valence-corrected chi connectivity index (χ0v) is 20.3. The molecule has 0 fully saturated rings. The Morgan fingerprint density at radius 3 is 1.69 bits per heavy atom. The molecule has 0 aliphatic carbocycles. The van der Waals surface area contributed by atoms with Crippen LogP contribution in [0.5, 0.6) is 5.75 Å². The van der Waals surface area contributed by atoms with Crippen LogP contribution >= 0.6 is 11.3 Å². The van der Waals surface area contributed by atoms with Crippen molar-refractivity contribution < 1.29 is 4.74 Å². The van der Waals surface area contributed by atoms with Crippen LogP contribution in [0.15, 0.2) is 127 Å². The van der Waals surface area contributed by atoms with Gasteiger partial charge in [0, 0.05) is 26.1 Å². The Labute approximate surface area is 209 Å². The maximum Gasteiger partial charge on any atom is 0.118 e. The minimum atomic E-state index is 0.873. The summed E-state index contributed by atoms with van der Waals surface area (Å²) < 4.78 is 5.38. The highest BCUT2D eigenvalue weighted by molar-refractivity contribution is 7.21. The van der Waals surface area contributed by atoms with Crippen LogP contribution in [0.4, 0.5) is 0 Å². The molecule has 0 aliphatic rings. The van der Waals surface area contributed by atoms with Crippen LogP contribution in [-0.4, -0.2) is 7.11 Å². The van der Waals surface area contributed by atoms with Crippen molar-refractivity contribution in [3.8, 4) is 48.9 Å². The molecule has 6 aromatic rings. The van der Waals surface area contributed by atoms with E-state index >= 15 is 0 Å². The quantitative estimate of drug-likeness (QED) is 0.245. The Kier molecular flexibility index (Phi) is 5.65. The molecule has 1 nitrogen and oxygen atoms in total. The summed E-state index contributed by atoms with van der Waals surface area (Å²) in [7, 11) is 1.71. The van der Waals surface area contributed by atoms with Crippen molar-refractivity contribution in [2.45, 2.75) is 0 Å². The molecule has 0 spiro atoms. The Hall–Kier alpha value is -4.14. The maximum atomic E-state index is 5.38. The predicted octanol–water partition coefficient (Wildman–Crippen LogP) is 9.58. The van der Waals surface area contributed by atoms with Gasteiger partial charge in [-0.15, -0.1) is 11.3 Å². The fraction of sp³-hybridized carbons (Fsp3) is 0.0303. The lowest BCUT2D eigenvalue weighted by Gasteiger charge is -2.12. The Bertz CT molecular complexity index is 1600. The molecule has 0 atom stereocenters. The van der Waals surface area contributed by atoms with E-state index in [0.29, 0.717) is 0 Å². The van der Waals surface area contributed by atoms with Gasteiger partial charge in [-0.3, -0.25) is 0 Å². The van der Waals surface area contributed by atoms with Crippen molar-refractivity contribution in [2.24, 2.45) is 0 Å². The summed E-state index contributed by atoms with van der Waals surface area (Å²) in [5, 5.41) is 2.57. The number of rotatable bonds is 5. The van der Waals surface area contributed by atoms with E-state index in [2.05, 4.69) is 115 Å². The molecule has 2 heteroatoms. The van der Waals surface area contributed by atoms with Gasteiger partial charge in [-0.05, 0) is 58.1 Å². The van der Waals surface area contributed by atoms with E-state index in [1.54, 1.807) is 7.11 Å².